The van der Waals surface area contributed by atoms with E-state index in [1.165, 1.54) is 0 Å². The molecule has 0 amide bonds. The zero-order valence-electron chi connectivity index (χ0n) is 78.7. The number of carbonyl (C=O) groups excluding carboxylic acids is 8. The summed E-state index contributed by atoms with van der Waals surface area (Å²) >= 11 is 0. The van der Waals surface area contributed by atoms with Crippen molar-refractivity contribution in [3.63, 3.8) is 0 Å². The molecule has 32 atom stereocenters. The molecule has 8 fully saturated rings. The fraction of sp³-hybridized carbons (Fsp3) is 0.686. The normalized spacial score (nSPS) is 43.8. The molecule has 16 aliphatic rings. The van der Waals surface area contributed by atoms with Gasteiger partial charge < -0.3 is 91.2 Å². The number of ether oxygens (including phenoxy) is 4. The van der Waals surface area contributed by atoms with Crippen LogP contribution in [0.4, 0.5) is 0 Å². The Kier molecular flexibility index (Phi) is 30.0. The second-order valence-corrected chi connectivity index (χ2v) is 42.6. The van der Waals surface area contributed by atoms with Crippen molar-refractivity contribution < 1.29 is 148 Å². The topological polar surface area (TPSA) is 478 Å². The van der Waals surface area contributed by atoms with Gasteiger partial charge in [0.25, 0.3) is 0 Å². The number of hydrogen-bond acceptors (Lipinski definition) is 25. The molecule has 0 heterocycles. The van der Waals surface area contributed by atoms with Crippen LogP contribution in [0.25, 0.3) is 0 Å². The summed E-state index contributed by atoms with van der Waals surface area (Å²) in [6, 6.07) is 0. The van der Waals surface area contributed by atoms with Gasteiger partial charge in [-0.25, -0.2) is 19.2 Å². The molecule has 8 saturated carbocycles. The summed E-state index contributed by atoms with van der Waals surface area (Å²) in [5, 5.41) is 135. The molecule has 0 aromatic heterocycles. The number of aliphatic hydroxyl groups excluding tert-OH is 8. The van der Waals surface area contributed by atoms with Gasteiger partial charge in [0.2, 0.25) is 0 Å². The summed E-state index contributed by atoms with van der Waals surface area (Å²) < 4.78 is 22.5. The summed E-state index contributed by atoms with van der Waals surface area (Å²) in [5.41, 5.74) is -9.44. The first kappa shape index (κ1) is 108. The van der Waals surface area contributed by atoms with E-state index < -0.39 is 154 Å². The number of hydrogen-bond donors (Lipinski definition) is 12. The van der Waals surface area contributed by atoms with E-state index in [-0.39, 0.29) is 178 Å². The van der Waals surface area contributed by atoms with Crippen LogP contribution in [0.15, 0.2) is 140 Å². The number of carbonyl (C=O) groups is 8. The van der Waals surface area contributed by atoms with Gasteiger partial charge in [0.05, 0.1) is 34.9 Å². The van der Waals surface area contributed by atoms with Crippen LogP contribution in [0, 0.1) is 138 Å². The van der Waals surface area contributed by atoms with Crippen LogP contribution >= 0.6 is 0 Å². The van der Waals surface area contributed by atoms with Crippen molar-refractivity contribution in [2.75, 3.05) is 26.4 Å². The molecule has 129 heavy (non-hydrogen) atoms. The number of esters is 4. The quantitative estimate of drug-likeness (QED) is 0.0322. The predicted molar refractivity (Wildman–Crippen MR) is 478 cm³/mol. The number of aliphatic hydroxyl groups is 12. The van der Waals surface area contributed by atoms with E-state index in [4.69, 9.17) is 18.9 Å². The molecule has 712 valence electrons. The second kappa shape index (κ2) is 35.9. The Labute approximate surface area is 773 Å². The van der Waals surface area contributed by atoms with Crippen molar-refractivity contribution in [1.82, 2.24) is 0 Å². The van der Waals surface area contributed by atoms with E-state index in [0.29, 0.717) is 68.8 Å². The van der Waals surface area contributed by atoms with E-state index in [9.17, 15) is 99.6 Å². The van der Waals surface area contributed by atoms with Crippen molar-refractivity contribution in [3.8, 4) is 0 Å². The van der Waals surface area contributed by atoms with Gasteiger partial charge in [0.1, 0.15) is 61.0 Å². The van der Waals surface area contributed by atoms with Crippen molar-refractivity contribution in [3.05, 3.63) is 140 Å². The minimum atomic E-state index is -2.15. The molecule has 0 unspecified atom stereocenters. The molecule has 0 radical (unpaired) electrons. The van der Waals surface area contributed by atoms with Crippen LogP contribution < -0.4 is 18.9 Å². The maximum Gasteiger partial charge on any atom is 1.00 e. The third-order valence-corrected chi connectivity index (χ3v) is 35.5. The predicted octanol–water partition coefficient (Wildman–Crippen LogP) is 6.60. The van der Waals surface area contributed by atoms with Gasteiger partial charge in [-0.15, -0.1) is 0 Å². The first-order valence-corrected chi connectivity index (χ1v) is 44.7. The van der Waals surface area contributed by atoms with Crippen molar-refractivity contribution in [2.45, 2.75) is 278 Å². The van der Waals surface area contributed by atoms with Crippen LogP contribution in [0.3, 0.4) is 0 Å². The molecule has 4 spiro atoms. The Morgan fingerprint density at radius 3 is 0.884 bits per heavy atom. The van der Waals surface area contributed by atoms with Gasteiger partial charge in [-0.05, 0) is 246 Å². The van der Waals surface area contributed by atoms with E-state index in [1.54, 1.807) is 156 Å². The average molecular weight is 1800 g/mol. The van der Waals surface area contributed by atoms with Gasteiger partial charge in [0.15, 0.2) is 46.5 Å². The van der Waals surface area contributed by atoms with E-state index in [1.807, 2.05) is 27.7 Å². The standard InChI is InChI=1S/C30H40O7.2C25H34O6.C20H28O5.2CH4.Li.2H2O/c1-9-15(3)26(33)36-14-19-12-20-22-21(28(22,7)8)11-18(6)29(24(20)32)13-17(5)25(30(29,35)23(19)31)37-27(34)16(4)10-2;1-7-12(2)22(29)31-21-15(11-26)9-16-18-17(23(18,5)6)8-14(4)24(20(16)28)10-13(3)19(27)25(21,24)30;1-7-12(2)22(29)31-11-15-9-16-18-17(23(18,5)6)8-14(4)24(21(16)28)10-13(3)19(26)25(24,30)20(15)27;1-9-7-19-10(2)5-13-14(18(13,3)4)12(17(19)24)6-11(8-21)16(23)20(19,25)15(9)22;;;;;/h9-10,12-13,18,20-23,25,31,35H,11,14H2,1-8H3;7,9-10,14,16-19,21,26-27,30H,8,11H2,1-6H3;7,9-10,14,16-20,26-27,30H,8,11H2,1-6H3;6-7,10,12-16,21-23,25H,5,8H2,1-4H3;2*1H4;;2*1H2/q;;;;;;+1;;/p-1/b15-9-,16-10-;2*12-7-;;;;;;/t18-,20+,21-,22+,23-,25+,29+,30+;14-,16+,17-,18+,19+,21-,24+,25-;14-,16+,17-,18+,19+,20-,24+,25-;10-,12+,13-,14+,15+,16-,19+,20-;;;;;/m1111...../s1. The molecule has 27 heteroatoms. The third kappa shape index (κ3) is 14.7. The Hall–Kier alpha value is -6.52. The molecule has 16 rings (SSSR count). The maximum absolute atomic E-state index is 14.5. The maximum atomic E-state index is 14.5. The Morgan fingerprint density at radius 2 is 0.597 bits per heavy atom. The summed E-state index contributed by atoms with van der Waals surface area (Å²) in [7, 11) is 0. The van der Waals surface area contributed by atoms with Gasteiger partial charge in [-0.2, -0.15) is 0 Å². The summed E-state index contributed by atoms with van der Waals surface area (Å²) in [5.74, 6) is -4.44. The number of Topliss-reactive ketones (excluding diaryl/α,β-unsaturated/α-hetero) is 4. The molecule has 26 nitrogen and oxygen atoms in total. The smallest absolute Gasteiger partial charge is 0.870 e. The summed E-state index contributed by atoms with van der Waals surface area (Å²) in [6.07, 6.45) is 11.8. The van der Waals surface area contributed by atoms with Crippen LogP contribution in [0.1, 0.15) is 207 Å². The number of ketones is 4. The molecule has 15 N–H and O–H groups in total. The molecule has 8 bridgehead atoms. The molecule has 0 aliphatic heterocycles. The summed E-state index contributed by atoms with van der Waals surface area (Å²) in [4.78, 5) is 107. The van der Waals surface area contributed by atoms with Gasteiger partial charge in [-0.1, -0.05) is 171 Å². The zero-order chi connectivity index (χ0) is 92.4. The minimum Gasteiger partial charge on any atom is -0.870 e. The third-order valence-electron chi connectivity index (χ3n) is 35.5. The molecular weight excluding hydrogens is 1650 g/mol. The van der Waals surface area contributed by atoms with Gasteiger partial charge in [-0.3, -0.25) is 19.2 Å². The van der Waals surface area contributed by atoms with Crippen LogP contribution in [0.2, 0.25) is 0 Å². The molecular formula is C102H147LiO26. The molecule has 0 saturated heterocycles. The molecule has 16 aliphatic carbocycles. The number of allylic oxidation sites excluding steroid dienone is 8. The zero-order valence-corrected chi connectivity index (χ0v) is 78.7. The van der Waals surface area contributed by atoms with Crippen molar-refractivity contribution >= 4 is 47.0 Å². The summed E-state index contributed by atoms with van der Waals surface area (Å²) in [6.45, 7) is 43.7. The van der Waals surface area contributed by atoms with Crippen molar-refractivity contribution in [1.29, 1.82) is 0 Å². The number of fused-ring (bicyclic) bond motifs is 12. The van der Waals surface area contributed by atoms with Crippen molar-refractivity contribution in [2.24, 2.45) is 138 Å². The van der Waals surface area contributed by atoms with E-state index in [2.05, 4.69) is 55.4 Å². The minimum absolute atomic E-state index is 0. The van der Waals surface area contributed by atoms with Crippen LogP contribution in [-0.4, -0.2) is 217 Å². The van der Waals surface area contributed by atoms with Gasteiger partial charge >= 0.3 is 42.7 Å². The van der Waals surface area contributed by atoms with Gasteiger partial charge in [0, 0.05) is 46.0 Å². The Bertz CT molecular complexity index is 4890. The first-order chi connectivity index (χ1) is 57.5. The second-order valence-electron chi connectivity index (χ2n) is 42.6. The molecule has 0 aromatic rings. The average Bonchev–Trinajstić information content (AvgIpc) is 1.51. The number of rotatable bonds is 12. The Balaban J connectivity index is 0.000000211. The SMILES string of the molecule is C.C.C/C=C(/C)C(=O)OCC1=C[C@@H]2C(=O)[C@]3(C=C(C)[C@H](O)[C@@]3(O)[C@@H]1O)[C@H](C)C[C@@H]1[C@H]2C1(C)C.C/C=C(/C)C(=O)OCC1=C[C@@H]2C(=O)[C@]3(C=C(C)[C@H](OC(=O)/C(C)=C\C)[C@@]3(O)[C@@H]1O)[C@H](C)C[C@@H]1[C@H]2C1(C)C.C/C=C(/C)C(=O)O[C@@H]1C(CO)=C[C@@H]2C(=O)[C@]3(C=C(C)[C@H](O)[C@@]13O)[C@H](C)C[C@@H]1[C@H]2C1(C)C.CC1=C[C@]23C(=O)[C@@H](C=C(CO)[C@@H](O)[C@]2(O)[C@H]1O)[C@H]1[C@@H](C[C@H]3C)C1(C)C.O.[Li+].[OH-]. The largest absolute Gasteiger partial charge is 1.00 e. The first-order valence-electron chi connectivity index (χ1n) is 44.7. The monoisotopic (exact) mass is 1800 g/mol. The van der Waals surface area contributed by atoms with E-state index >= 15 is 0 Å². The molecule has 0 aromatic carbocycles. The fourth-order valence-corrected chi connectivity index (χ4v) is 27.4. The van der Waals surface area contributed by atoms with Crippen LogP contribution in [-0.2, 0) is 57.3 Å². The fourth-order valence-electron chi connectivity index (χ4n) is 27.4. The van der Waals surface area contributed by atoms with E-state index in [0.717, 1.165) is 19.3 Å². The van der Waals surface area contributed by atoms with Crippen LogP contribution in [0.5, 0.6) is 0 Å². The Morgan fingerprint density at radius 1 is 0.372 bits per heavy atom.